The number of nitrogens with zero attached hydrogens (tertiary/aromatic N) is 1. The molecule has 2 rings (SSSR count). The summed E-state index contributed by atoms with van der Waals surface area (Å²) in [6.45, 7) is 0. The summed E-state index contributed by atoms with van der Waals surface area (Å²) in [5.41, 5.74) is -2.43. The molecule has 9 nitrogen and oxygen atoms in total. The molecule has 3 N–H and O–H groups in total. The molecule has 1 aliphatic rings. The zero-order valence-corrected chi connectivity index (χ0v) is 10.2. The molecule has 0 saturated heterocycles. The van der Waals surface area contributed by atoms with Crippen molar-refractivity contribution in [3.8, 4) is 0 Å². The van der Waals surface area contributed by atoms with Gasteiger partial charge in [-0.2, -0.15) is 0 Å². The van der Waals surface area contributed by atoms with Crippen LogP contribution in [0.25, 0.3) is 0 Å². The lowest BCUT2D eigenvalue weighted by Gasteiger charge is -2.16. The lowest BCUT2D eigenvalue weighted by atomic mass is 10.5. The Balaban J connectivity index is 2.07. The number of ether oxygens (including phenoxy) is 2. The molecule has 0 fully saturated rings. The van der Waals surface area contributed by atoms with Gasteiger partial charge in [0.1, 0.15) is 0 Å². The number of hydrogen-bond acceptors (Lipinski definition) is 7. The monoisotopic (exact) mass is 288 g/mol. The van der Waals surface area contributed by atoms with E-state index in [4.69, 9.17) is 14.5 Å². The second kappa shape index (κ2) is 5.45. The normalized spacial score (nSPS) is 21.8. The van der Waals surface area contributed by atoms with Crippen LogP contribution < -0.4 is 11.2 Å². The molecular formula is C9H9N2O7P. The second-order valence-corrected chi connectivity index (χ2v) is 4.41. The number of aromatic nitrogens is 2. The Morgan fingerprint density at radius 2 is 2.16 bits per heavy atom. The smallest absolute Gasteiger partial charge is 0.386 e. The van der Waals surface area contributed by atoms with E-state index in [1.54, 1.807) is 0 Å². The van der Waals surface area contributed by atoms with Gasteiger partial charge in [0.05, 0.1) is 0 Å². The summed E-state index contributed by atoms with van der Waals surface area (Å²) in [5, 5.41) is 0. The minimum Gasteiger partial charge on any atom is -0.425 e. The van der Waals surface area contributed by atoms with Gasteiger partial charge in [-0.05, 0) is 12.2 Å². The highest BCUT2D eigenvalue weighted by Crippen LogP contribution is 2.29. The lowest BCUT2D eigenvalue weighted by Crippen LogP contribution is -2.32. The molecule has 0 aliphatic carbocycles. The first kappa shape index (κ1) is 13.6. The average molecular weight is 288 g/mol. The topological polar surface area (TPSA) is 131 Å². The van der Waals surface area contributed by atoms with Crippen molar-refractivity contribution in [2.75, 3.05) is 0 Å². The molecule has 19 heavy (non-hydrogen) atoms. The van der Waals surface area contributed by atoms with E-state index in [0.29, 0.717) is 0 Å². The number of hydrogen-bond donors (Lipinski definition) is 3. The standard InChI is InChI=1S/C9H9N2O7P/c12-5-3-4-11(8(13)10-5)6-1-2-7(17-6)18-9(14)19(15)16/h1-4,6-7,15-16H,(H,10,12,13)/t6-,7-/m1/s1. The van der Waals surface area contributed by atoms with Crippen molar-refractivity contribution in [3.63, 3.8) is 0 Å². The van der Waals surface area contributed by atoms with Crippen LogP contribution >= 0.6 is 8.38 Å². The van der Waals surface area contributed by atoms with Gasteiger partial charge >= 0.3 is 11.4 Å². The van der Waals surface area contributed by atoms with Crippen LogP contribution in [-0.4, -0.2) is 31.3 Å². The molecule has 0 amide bonds. The minimum atomic E-state index is -2.85. The Morgan fingerprint density at radius 1 is 1.42 bits per heavy atom. The second-order valence-electron chi connectivity index (χ2n) is 3.47. The lowest BCUT2D eigenvalue weighted by molar-refractivity contribution is -0.0976. The molecule has 10 heteroatoms. The molecule has 0 saturated carbocycles. The molecule has 1 aliphatic heterocycles. The predicted octanol–water partition coefficient (Wildman–Crippen LogP) is -0.619. The van der Waals surface area contributed by atoms with Crippen LogP contribution in [0.1, 0.15) is 6.23 Å². The van der Waals surface area contributed by atoms with Crippen molar-refractivity contribution >= 4 is 14.1 Å². The molecule has 2 heterocycles. The van der Waals surface area contributed by atoms with Crippen molar-refractivity contribution in [2.45, 2.75) is 12.5 Å². The number of carbonyl (C=O) groups excluding carboxylic acids is 1. The van der Waals surface area contributed by atoms with Gasteiger partial charge in [-0.15, -0.1) is 0 Å². The maximum Gasteiger partial charge on any atom is 0.386 e. The summed E-state index contributed by atoms with van der Waals surface area (Å²) in [7, 11) is -2.85. The first-order chi connectivity index (χ1) is 8.97. The van der Waals surface area contributed by atoms with E-state index in [0.717, 1.165) is 10.6 Å². The van der Waals surface area contributed by atoms with Gasteiger partial charge in [0.2, 0.25) is 6.29 Å². The predicted molar refractivity (Wildman–Crippen MR) is 62.2 cm³/mol. The van der Waals surface area contributed by atoms with Gasteiger partial charge < -0.3 is 19.3 Å². The molecule has 0 radical (unpaired) electrons. The van der Waals surface area contributed by atoms with Crippen LogP contribution in [0.5, 0.6) is 0 Å². The molecule has 2 atom stereocenters. The van der Waals surface area contributed by atoms with E-state index in [-0.39, 0.29) is 0 Å². The van der Waals surface area contributed by atoms with Gasteiger partial charge in [0, 0.05) is 12.3 Å². The number of nitrogens with one attached hydrogen (secondary N) is 1. The molecule has 0 aromatic carbocycles. The Kier molecular flexibility index (Phi) is 3.91. The summed E-state index contributed by atoms with van der Waals surface area (Å²) in [4.78, 5) is 52.6. The van der Waals surface area contributed by atoms with Crippen LogP contribution in [0.4, 0.5) is 4.79 Å². The van der Waals surface area contributed by atoms with Gasteiger partial charge in [-0.25, -0.2) is 9.59 Å². The summed E-state index contributed by atoms with van der Waals surface area (Å²) in [5.74, 6) is 0. The van der Waals surface area contributed by atoms with Crippen LogP contribution in [-0.2, 0) is 9.47 Å². The third-order valence-corrected chi connectivity index (χ3v) is 2.64. The van der Waals surface area contributed by atoms with E-state index < -0.39 is 37.9 Å². The Bertz CT molecular complexity index is 619. The van der Waals surface area contributed by atoms with Crippen LogP contribution in [0.3, 0.4) is 0 Å². The number of aromatic amines is 1. The summed E-state index contributed by atoms with van der Waals surface area (Å²) in [6, 6.07) is 1.14. The summed E-state index contributed by atoms with van der Waals surface area (Å²) in [6.07, 6.45) is 2.00. The van der Waals surface area contributed by atoms with Gasteiger partial charge in [-0.3, -0.25) is 14.3 Å². The van der Waals surface area contributed by atoms with E-state index >= 15 is 0 Å². The maximum absolute atomic E-state index is 11.5. The van der Waals surface area contributed by atoms with Crippen LogP contribution in [0, 0.1) is 0 Å². The van der Waals surface area contributed by atoms with Gasteiger partial charge in [-0.1, -0.05) is 0 Å². The van der Waals surface area contributed by atoms with Crippen molar-refractivity contribution in [1.29, 1.82) is 0 Å². The largest absolute Gasteiger partial charge is 0.425 e. The number of H-pyrrole nitrogens is 1. The Hall–Kier alpha value is -1.80. The van der Waals surface area contributed by atoms with Crippen molar-refractivity contribution in [3.05, 3.63) is 45.3 Å². The highest BCUT2D eigenvalue weighted by Gasteiger charge is 2.26. The SMILES string of the molecule is O=C(O[C@@H]1C=C[C@H](n2ccc(=O)[nH]c2=O)O1)P(O)O. The average Bonchev–Trinajstić information content (AvgIpc) is 2.77. The Morgan fingerprint density at radius 3 is 2.79 bits per heavy atom. The highest BCUT2D eigenvalue weighted by atomic mass is 31.2. The molecular weight excluding hydrogens is 279 g/mol. The van der Waals surface area contributed by atoms with Gasteiger partial charge in [0.25, 0.3) is 13.9 Å². The molecule has 1 aromatic heterocycles. The van der Waals surface area contributed by atoms with E-state index in [2.05, 4.69) is 4.74 Å². The molecule has 102 valence electrons. The maximum atomic E-state index is 11.5. The van der Waals surface area contributed by atoms with Crippen molar-refractivity contribution in [1.82, 2.24) is 9.55 Å². The zero-order chi connectivity index (χ0) is 14.0. The molecule has 0 unspecified atom stereocenters. The van der Waals surface area contributed by atoms with E-state index in [1.165, 1.54) is 18.3 Å². The zero-order valence-electron chi connectivity index (χ0n) is 9.29. The van der Waals surface area contributed by atoms with Crippen LogP contribution in [0.2, 0.25) is 0 Å². The third kappa shape index (κ3) is 3.15. The Labute approximate surface area is 106 Å². The van der Waals surface area contributed by atoms with Gasteiger partial charge in [0.15, 0.2) is 6.23 Å². The molecule has 0 spiro atoms. The fourth-order valence-corrected chi connectivity index (χ4v) is 1.61. The fourth-order valence-electron chi connectivity index (χ4n) is 1.41. The first-order valence-corrected chi connectivity index (χ1v) is 6.26. The van der Waals surface area contributed by atoms with Crippen molar-refractivity contribution in [2.24, 2.45) is 0 Å². The van der Waals surface area contributed by atoms with Crippen molar-refractivity contribution < 1.29 is 24.1 Å². The fraction of sp³-hybridized carbons (Fsp3) is 0.222. The highest BCUT2D eigenvalue weighted by molar-refractivity contribution is 7.63. The molecule has 1 aromatic rings. The number of rotatable bonds is 3. The van der Waals surface area contributed by atoms with E-state index in [1.807, 2.05) is 4.98 Å². The summed E-state index contributed by atoms with van der Waals surface area (Å²) < 4.78 is 10.8. The van der Waals surface area contributed by atoms with Crippen LogP contribution in [0.15, 0.2) is 34.0 Å². The third-order valence-electron chi connectivity index (χ3n) is 2.21. The minimum absolute atomic E-state index is 0.544. The number of carbonyl (C=O) groups is 1. The molecule has 0 bridgehead atoms. The summed E-state index contributed by atoms with van der Waals surface area (Å²) >= 11 is 0. The first-order valence-electron chi connectivity index (χ1n) is 5.01. The quantitative estimate of drug-likeness (QED) is 0.499. The van der Waals surface area contributed by atoms with E-state index in [9.17, 15) is 14.4 Å².